The van der Waals surface area contributed by atoms with Crippen molar-refractivity contribution in [2.45, 2.75) is 19.3 Å². The normalized spacial score (nSPS) is 17.6. The molecule has 0 N–H and O–H groups in total. The molecular formula is C17H12O2. The largest absolute Gasteiger partial charge is 0.285 e. The fraction of sp³-hybridized carbons (Fsp3) is 0.176. The maximum absolute atomic E-state index is 12.2. The van der Waals surface area contributed by atoms with Crippen molar-refractivity contribution < 1.29 is 9.59 Å². The van der Waals surface area contributed by atoms with E-state index in [1.165, 1.54) is 0 Å². The summed E-state index contributed by atoms with van der Waals surface area (Å²) in [6.07, 6.45) is 0. The third-order valence-electron chi connectivity index (χ3n) is 4.42. The van der Waals surface area contributed by atoms with Crippen molar-refractivity contribution in [1.29, 1.82) is 0 Å². The van der Waals surface area contributed by atoms with Crippen molar-refractivity contribution in [2.24, 2.45) is 0 Å². The summed E-state index contributed by atoms with van der Waals surface area (Å²) >= 11 is 0. The van der Waals surface area contributed by atoms with E-state index in [-0.39, 0.29) is 17.0 Å². The number of hydrogen-bond acceptors (Lipinski definition) is 2. The van der Waals surface area contributed by atoms with Gasteiger partial charge in [0.2, 0.25) is 11.6 Å². The maximum atomic E-state index is 12.2. The van der Waals surface area contributed by atoms with Gasteiger partial charge in [-0.2, -0.15) is 0 Å². The summed E-state index contributed by atoms with van der Waals surface area (Å²) in [4.78, 5) is 24.4. The molecule has 0 unspecified atom stereocenters. The van der Waals surface area contributed by atoms with Gasteiger partial charge in [-0.25, -0.2) is 0 Å². The Labute approximate surface area is 111 Å². The summed E-state index contributed by atoms with van der Waals surface area (Å²) in [5.74, 6) is -0.751. The van der Waals surface area contributed by atoms with E-state index in [1.54, 1.807) is 12.1 Å². The summed E-state index contributed by atoms with van der Waals surface area (Å²) in [5.41, 5.74) is 5.22. The van der Waals surface area contributed by atoms with Crippen LogP contribution in [0, 0.1) is 0 Å². The first-order chi connectivity index (χ1) is 9.03. The summed E-state index contributed by atoms with van der Waals surface area (Å²) in [5, 5.41) is 0. The van der Waals surface area contributed by atoms with Gasteiger partial charge in [0.25, 0.3) is 0 Å². The van der Waals surface area contributed by atoms with Gasteiger partial charge in [0.15, 0.2) is 0 Å². The molecule has 92 valence electrons. The highest BCUT2D eigenvalue weighted by Gasteiger charge is 2.43. The highest BCUT2D eigenvalue weighted by molar-refractivity contribution is 6.53. The van der Waals surface area contributed by atoms with E-state index in [4.69, 9.17) is 0 Å². The summed E-state index contributed by atoms with van der Waals surface area (Å²) in [6, 6.07) is 11.4. The van der Waals surface area contributed by atoms with Crippen LogP contribution in [0.1, 0.15) is 45.7 Å². The summed E-state index contributed by atoms with van der Waals surface area (Å²) in [7, 11) is 0. The SMILES string of the molecule is CC1(C)c2cccc3c2-c2c(cccc21)C(=O)C3=O. The molecule has 0 amide bonds. The number of rotatable bonds is 0. The Kier molecular flexibility index (Phi) is 1.70. The third-order valence-corrected chi connectivity index (χ3v) is 4.42. The lowest BCUT2D eigenvalue weighted by atomic mass is 9.82. The number of hydrogen-bond donors (Lipinski definition) is 0. The van der Waals surface area contributed by atoms with Gasteiger partial charge < -0.3 is 0 Å². The molecule has 0 bridgehead atoms. The van der Waals surface area contributed by atoms with Crippen LogP contribution in [0.5, 0.6) is 0 Å². The van der Waals surface area contributed by atoms with Crippen LogP contribution in [0.2, 0.25) is 0 Å². The molecule has 0 saturated heterocycles. The van der Waals surface area contributed by atoms with E-state index in [9.17, 15) is 9.59 Å². The van der Waals surface area contributed by atoms with Gasteiger partial charge in [0.1, 0.15) is 0 Å². The lowest BCUT2D eigenvalue weighted by Gasteiger charge is -2.21. The molecule has 4 rings (SSSR count). The van der Waals surface area contributed by atoms with E-state index < -0.39 is 0 Å². The smallest absolute Gasteiger partial charge is 0.234 e. The lowest BCUT2D eigenvalue weighted by molar-refractivity contribution is 0.0815. The summed E-state index contributed by atoms with van der Waals surface area (Å²) < 4.78 is 0. The van der Waals surface area contributed by atoms with Crippen molar-refractivity contribution in [2.75, 3.05) is 0 Å². The van der Waals surface area contributed by atoms with Gasteiger partial charge in [-0.3, -0.25) is 9.59 Å². The monoisotopic (exact) mass is 248 g/mol. The number of carbonyl (C=O) groups is 2. The molecule has 2 aliphatic carbocycles. The highest BCUT2D eigenvalue weighted by atomic mass is 16.2. The minimum atomic E-state index is -0.376. The second-order valence-corrected chi connectivity index (χ2v) is 5.74. The first-order valence-electron chi connectivity index (χ1n) is 6.40. The molecule has 0 spiro atoms. The number of ketones is 2. The molecule has 19 heavy (non-hydrogen) atoms. The molecule has 2 aliphatic rings. The number of benzene rings is 2. The molecule has 2 nitrogen and oxygen atoms in total. The van der Waals surface area contributed by atoms with Gasteiger partial charge in [0.05, 0.1) is 0 Å². The van der Waals surface area contributed by atoms with Crippen LogP contribution in [-0.2, 0) is 5.41 Å². The van der Waals surface area contributed by atoms with E-state index in [1.807, 2.05) is 12.1 Å². The van der Waals surface area contributed by atoms with Gasteiger partial charge in [-0.1, -0.05) is 50.2 Å². The van der Waals surface area contributed by atoms with Crippen molar-refractivity contribution in [3.63, 3.8) is 0 Å². The standard InChI is InChI=1S/C17H12O2/c1-17(2)11-7-3-5-9-13(11)14-10(16(19)15(9)18)6-4-8-12(14)17/h3-8H,1-2H3. The average molecular weight is 248 g/mol. The van der Waals surface area contributed by atoms with Crippen LogP contribution in [0.25, 0.3) is 11.1 Å². The fourth-order valence-electron chi connectivity index (χ4n) is 3.45. The van der Waals surface area contributed by atoms with Gasteiger partial charge in [0, 0.05) is 16.5 Å². The first kappa shape index (κ1) is 10.7. The predicted octanol–water partition coefficient (Wildman–Crippen LogP) is 3.37. The van der Waals surface area contributed by atoms with Crippen molar-refractivity contribution in [3.05, 3.63) is 58.7 Å². The molecule has 0 aliphatic heterocycles. The Morgan fingerprint density at radius 3 is 1.58 bits per heavy atom. The molecule has 0 radical (unpaired) electrons. The topological polar surface area (TPSA) is 34.1 Å². The molecule has 2 heteroatoms. The molecule has 0 atom stereocenters. The van der Waals surface area contributed by atoms with Crippen LogP contribution in [0.15, 0.2) is 36.4 Å². The zero-order chi connectivity index (χ0) is 13.4. The van der Waals surface area contributed by atoms with E-state index in [2.05, 4.69) is 26.0 Å². The van der Waals surface area contributed by atoms with Crippen LogP contribution >= 0.6 is 0 Å². The molecule has 2 aromatic carbocycles. The minimum absolute atomic E-state index is 0.151. The Morgan fingerprint density at radius 2 is 1.16 bits per heavy atom. The second kappa shape index (κ2) is 3.02. The van der Waals surface area contributed by atoms with Crippen LogP contribution in [0.3, 0.4) is 0 Å². The molecule has 0 aromatic heterocycles. The number of Topliss-reactive ketones (excluding diaryl/α,β-unsaturated/α-hetero) is 2. The predicted molar refractivity (Wildman–Crippen MR) is 72.7 cm³/mol. The highest BCUT2D eigenvalue weighted by Crippen LogP contribution is 2.52. The third kappa shape index (κ3) is 1.04. The van der Waals surface area contributed by atoms with Crippen LogP contribution < -0.4 is 0 Å². The Bertz CT molecular complexity index is 716. The van der Waals surface area contributed by atoms with E-state index >= 15 is 0 Å². The van der Waals surface area contributed by atoms with E-state index in [0.29, 0.717) is 11.1 Å². The molecular weight excluding hydrogens is 236 g/mol. The lowest BCUT2D eigenvalue weighted by Crippen LogP contribution is -2.20. The van der Waals surface area contributed by atoms with Gasteiger partial charge in [-0.15, -0.1) is 0 Å². The molecule has 0 fully saturated rings. The maximum Gasteiger partial charge on any atom is 0.234 e. The van der Waals surface area contributed by atoms with Crippen molar-refractivity contribution >= 4 is 11.6 Å². The molecule has 0 heterocycles. The zero-order valence-corrected chi connectivity index (χ0v) is 10.8. The number of carbonyl (C=O) groups excluding carboxylic acids is 2. The van der Waals surface area contributed by atoms with Gasteiger partial charge in [-0.05, 0) is 22.3 Å². The van der Waals surface area contributed by atoms with Crippen molar-refractivity contribution in [3.8, 4) is 11.1 Å². The Morgan fingerprint density at radius 1 is 0.737 bits per heavy atom. The minimum Gasteiger partial charge on any atom is -0.285 e. The zero-order valence-electron chi connectivity index (χ0n) is 10.8. The molecule has 0 saturated carbocycles. The Hall–Kier alpha value is -2.22. The fourth-order valence-corrected chi connectivity index (χ4v) is 3.45. The summed E-state index contributed by atoms with van der Waals surface area (Å²) in [6.45, 7) is 4.29. The van der Waals surface area contributed by atoms with Crippen LogP contribution in [-0.4, -0.2) is 11.6 Å². The molecule has 2 aromatic rings. The second-order valence-electron chi connectivity index (χ2n) is 5.74. The van der Waals surface area contributed by atoms with Crippen LogP contribution in [0.4, 0.5) is 0 Å². The van der Waals surface area contributed by atoms with Gasteiger partial charge >= 0.3 is 0 Å². The average Bonchev–Trinajstić information content (AvgIpc) is 2.65. The van der Waals surface area contributed by atoms with Crippen molar-refractivity contribution in [1.82, 2.24) is 0 Å². The quantitative estimate of drug-likeness (QED) is 0.670. The Balaban J connectivity index is 2.29. The first-order valence-corrected chi connectivity index (χ1v) is 6.40. The van der Waals surface area contributed by atoms with E-state index in [0.717, 1.165) is 22.3 Å².